The van der Waals surface area contributed by atoms with Crippen LogP contribution in [0.15, 0.2) is 24.3 Å². The lowest BCUT2D eigenvalue weighted by Gasteiger charge is -2.30. The fraction of sp³-hybridized carbons (Fsp3) is 0.471. The summed E-state index contributed by atoms with van der Waals surface area (Å²) in [6.45, 7) is 3.26. The number of esters is 1. The summed E-state index contributed by atoms with van der Waals surface area (Å²) in [5.41, 5.74) is 1.41. The minimum Gasteiger partial charge on any atom is -0.465 e. The van der Waals surface area contributed by atoms with E-state index in [1.165, 1.54) is 7.11 Å². The van der Waals surface area contributed by atoms with E-state index in [-0.39, 0.29) is 23.7 Å². The second kappa shape index (κ2) is 7.76. The quantitative estimate of drug-likeness (QED) is 0.850. The van der Waals surface area contributed by atoms with E-state index in [0.717, 1.165) is 5.56 Å². The Kier molecular flexibility index (Phi) is 5.73. The Morgan fingerprint density at radius 3 is 2.30 bits per heavy atom. The lowest BCUT2D eigenvalue weighted by Crippen LogP contribution is -2.42. The van der Waals surface area contributed by atoms with Crippen molar-refractivity contribution < 1.29 is 19.1 Å². The Balaban J connectivity index is 1.80. The molecule has 0 atom stereocenters. The zero-order chi connectivity index (χ0) is 16.8. The van der Waals surface area contributed by atoms with E-state index >= 15 is 0 Å². The standard InChI is InChI=1S/C17H22N2O4/c1-12(20)19-9-7-14(8-10-19)16(21)18-11-13-3-5-15(6-4-13)17(22)23-2/h3-6,14H,7-11H2,1-2H3,(H,18,21). The minimum absolute atomic E-state index is 0.0187. The van der Waals surface area contributed by atoms with E-state index in [4.69, 9.17) is 0 Å². The van der Waals surface area contributed by atoms with Crippen LogP contribution in [0.3, 0.4) is 0 Å². The molecule has 1 heterocycles. The van der Waals surface area contributed by atoms with Gasteiger partial charge in [-0.05, 0) is 30.5 Å². The third kappa shape index (κ3) is 4.55. The summed E-state index contributed by atoms with van der Waals surface area (Å²) in [6, 6.07) is 6.95. The molecule has 0 unspecified atom stereocenters. The Hall–Kier alpha value is -2.37. The van der Waals surface area contributed by atoms with Gasteiger partial charge in [-0.3, -0.25) is 9.59 Å². The van der Waals surface area contributed by atoms with Gasteiger partial charge in [0.1, 0.15) is 0 Å². The molecule has 1 aliphatic rings. The van der Waals surface area contributed by atoms with Crippen LogP contribution in [0, 0.1) is 5.92 Å². The minimum atomic E-state index is -0.377. The van der Waals surface area contributed by atoms with Crippen molar-refractivity contribution in [2.24, 2.45) is 5.92 Å². The molecule has 0 bridgehead atoms. The average molecular weight is 318 g/mol. The molecule has 1 N–H and O–H groups in total. The Labute approximate surface area is 135 Å². The summed E-state index contributed by atoms with van der Waals surface area (Å²) in [5.74, 6) is -0.336. The number of nitrogens with zero attached hydrogens (tertiary/aromatic N) is 1. The molecule has 0 saturated carbocycles. The highest BCUT2D eigenvalue weighted by Gasteiger charge is 2.25. The van der Waals surface area contributed by atoms with Gasteiger partial charge in [0, 0.05) is 32.5 Å². The number of benzene rings is 1. The third-order valence-electron chi connectivity index (χ3n) is 4.15. The molecule has 6 nitrogen and oxygen atoms in total. The molecule has 1 saturated heterocycles. The SMILES string of the molecule is COC(=O)c1ccc(CNC(=O)C2CCN(C(C)=O)CC2)cc1. The number of piperidine rings is 1. The fourth-order valence-corrected chi connectivity index (χ4v) is 2.67. The zero-order valence-corrected chi connectivity index (χ0v) is 13.5. The zero-order valence-electron chi connectivity index (χ0n) is 13.5. The van der Waals surface area contributed by atoms with Gasteiger partial charge in [0.15, 0.2) is 0 Å². The number of ether oxygens (including phenoxy) is 1. The molecule has 2 amide bonds. The van der Waals surface area contributed by atoms with Gasteiger partial charge in [-0.1, -0.05) is 12.1 Å². The first-order valence-corrected chi connectivity index (χ1v) is 7.71. The number of methoxy groups -OCH3 is 1. The number of likely N-dealkylation sites (tertiary alicyclic amines) is 1. The van der Waals surface area contributed by atoms with E-state index < -0.39 is 0 Å². The molecule has 1 aromatic carbocycles. The lowest BCUT2D eigenvalue weighted by molar-refractivity contribution is -0.134. The Morgan fingerprint density at radius 2 is 1.78 bits per heavy atom. The van der Waals surface area contributed by atoms with Crippen molar-refractivity contribution in [3.05, 3.63) is 35.4 Å². The third-order valence-corrected chi connectivity index (χ3v) is 4.15. The summed E-state index contributed by atoms with van der Waals surface area (Å²) in [6.07, 6.45) is 1.40. The monoisotopic (exact) mass is 318 g/mol. The maximum absolute atomic E-state index is 12.2. The molecule has 2 rings (SSSR count). The van der Waals surface area contributed by atoms with Crippen LogP contribution < -0.4 is 5.32 Å². The summed E-state index contributed by atoms with van der Waals surface area (Å²) >= 11 is 0. The van der Waals surface area contributed by atoms with Crippen molar-refractivity contribution in [1.82, 2.24) is 10.2 Å². The highest BCUT2D eigenvalue weighted by Crippen LogP contribution is 2.17. The van der Waals surface area contributed by atoms with Gasteiger partial charge < -0.3 is 15.0 Å². The van der Waals surface area contributed by atoms with Gasteiger partial charge in [0.05, 0.1) is 12.7 Å². The number of carbonyl (C=O) groups excluding carboxylic acids is 3. The number of hydrogen-bond donors (Lipinski definition) is 1. The van der Waals surface area contributed by atoms with Crippen molar-refractivity contribution in [2.75, 3.05) is 20.2 Å². The predicted octanol–water partition coefficient (Wildman–Crippen LogP) is 1.35. The van der Waals surface area contributed by atoms with Crippen LogP contribution in [0.5, 0.6) is 0 Å². The number of carbonyl (C=O) groups is 3. The Bertz CT molecular complexity index is 575. The van der Waals surface area contributed by atoms with Gasteiger partial charge in [-0.25, -0.2) is 4.79 Å². The molecule has 6 heteroatoms. The largest absolute Gasteiger partial charge is 0.465 e. The van der Waals surface area contributed by atoms with Crippen molar-refractivity contribution in [1.29, 1.82) is 0 Å². The maximum atomic E-state index is 12.2. The predicted molar refractivity (Wildman–Crippen MR) is 84.6 cm³/mol. The van der Waals surface area contributed by atoms with Crippen LogP contribution in [0.2, 0.25) is 0 Å². The molecule has 0 aromatic heterocycles. The fourth-order valence-electron chi connectivity index (χ4n) is 2.67. The number of amides is 2. The van der Waals surface area contributed by atoms with E-state index in [9.17, 15) is 14.4 Å². The van der Waals surface area contributed by atoms with Crippen LogP contribution in [-0.4, -0.2) is 42.9 Å². The second-order valence-corrected chi connectivity index (χ2v) is 5.69. The van der Waals surface area contributed by atoms with Crippen molar-refractivity contribution in [2.45, 2.75) is 26.3 Å². The lowest BCUT2D eigenvalue weighted by atomic mass is 9.96. The van der Waals surface area contributed by atoms with Crippen molar-refractivity contribution >= 4 is 17.8 Å². The highest BCUT2D eigenvalue weighted by molar-refractivity contribution is 5.89. The van der Waals surface area contributed by atoms with Gasteiger partial charge in [-0.15, -0.1) is 0 Å². The van der Waals surface area contributed by atoms with Crippen LogP contribution in [0.25, 0.3) is 0 Å². The maximum Gasteiger partial charge on any atom is 0.337 e. The number of rotatable bonds is 4. The molecule has 1 aliphatic heterocycles. The number of nitrogens with one attached hydrogen (secondary N) is 1. The smallest absolute Gasteiger partial charge is 0.337 e. The molecule has 23 heavy (non-hydrogen) atoms. The van der Waals surface area contributed by atoms with Crippen molar-refractivity contribution in [3.63, 3.8) is 0 Å². The molecule has 1 fully saturated rings. The van der Waals surface area contributed by atoms with E-state index in [0.29, 0.717) is 38.0 Å². The van der Waals surface area contributed by atoms with Crippen molar-refractivity contribution in [3.8, 4) is 0 Å². The van der Waals surface area contributed by atoms with Gasteiger partial charge in [-0.2, -0.15) is 0 Å². The molecule has 1 aromatic rings. The highest BCUT2D eigenvalue weighted by atomic mass is 16.5. The molecule has 0 aliphatic carbocycles. The van der Waals surface area contributed by atoms with E-state index in [1.807, 2.05) is 0 Å². The van der Waals surface area contributed by atoms with E-state index in [1.54, 1.807) is 36.1 Å². The summed E-state index contributed by atoms with van der Waals surface area (Å²) in [4.78, 5) is 36.6. The van der Waals surface area contributed by atoms with Crippen LogP contribution in [0.4, 0.5) is 0 Å². The molecule has 0 spiro atoms. The molecular weight excluding hydrogens is 296 g/mol. The normalized spacial score (nSPS) is 15.1. The topological polar surface area (TPSA) is 75.7 Å². The summed E-state index contributed by atoms with van der Waals surface area (Å²) in [7, 11) is 1.34. The summed E-state index contributed by atoms with van der Waals surface area (Å²) in [5, 5.41) is 2.92. The summed E-state index contributed by atoms with van der Waals surface area (Å²) < 4.78 is 4.64. The van der Waals surface area contributed by atoms with Crippen LogP contribution in [0.1, 0.15) is 35.7 Å². The molecular formula is C17H22N2O4. The first kappa shape index (κ1) is 17.0. The molecule has 0 radical (unpaired) electrons. The van der Waals surface area contributed by atoms with Crippen LogP contribution >= 0.6 is 0 Å². The molecule has 124 valence electrons. The average Bonchev–Trinajstić information content (AvgIpc) is 2.59. The first-order valence-electron chi connectivity index (χ1n) is 7.71. The van der Waals surface area contributed by atoms with Gasteiger partial charge in [0.25, 0.3) is 0 Å². The van der Waals surface area contributed by atoms with Gasteiger partial charge in [0.2, 0.25) is 11.8 Å². The second-order valence-electron chi connectivity index (χ2n) is 5.69. The first-order chi connectivity index (χ1) is 11.0. The van der Waals surface area contributed by atoms with Gasteiger partial charge >= 0.3 is 5.97 Å². The Morgan fingerprint density at radius 1 is 1.17 bits per heavy atom. The van der Waals surface area contributed by atoms with E-state index in [2.05, 4.69) is 10.1 Å². The number of hydrogen-bond acceptors (Lipinski definition) is 4. The van der Waals surface area contributed by atoms with Crippen LogP contribution in [-0.2, 0) is 20.9 Å².